The monoisotopic (exact) mass is 195 g/mol. The minimum atomic E-state index is -1.21. The van der Waals surface area contributed by atoms with E-state index in [1.807, 2.05) is 0 Å². The Morgan fingerprint density at radius 1 is 1.71 bits per heavy atom. The van der Waals surface area contributed by atoms with Crippen molar-refractivity contribution in [1.29, 1.82) is 5.41 Å². The van der Waals surface area contributed by atoms with E-state index >= 15 is 0 Å². The van der Waals surface area contributed by atoms with Gasteiger partial charge >= 0.3 is 5.97 Å². The summed E-state index contributed by atoms with van der Waals surface area (Å²) in [5.74, 6) is -1.21. The molecule has 0 fully saturated rings. The average molecular weight is 195 g/mol. The van der Waals surface area contributed by atoms with E-state index in [1.54, 1.807) is 7.05 Å². The van der Waals surface area contributed by atoms with E-state index in [1.165, 1.54) is 6.07 Å². The molecule has 6 nitrogen and oxygen atoms in total. The third kappa shape index (κ3) is 1.63. The lowest BCUT2D eigenvalue weighted by molar-refractivity contribution is 0.0690. The largest absolute Gasteiger partial charge is 0.477 e. The van der Waals surface area contributed by atoms with Gasteiger partial charge in [0, 0.05) is 13.3 Å². The normalized spacial score (nSPS) is 9.50. The van der Waals surface area contributed by atoms with Gasteiger partial charge in [-0.3, -0.25) is 4.79 Å². The fourth-order valence-electron chi connectivity index (χ4n) is 1.04. The summed E-state index contributed by atoms with van der Waals surface area (Å²) in [6.45, 7) is 0. The lowest BCUT2D eigenvalue weighted by atomic mass is 10.2. The van der Waals surface area contributed by atoms with Crippen LogP contribution in [0, 0.1) is 5.41 Å². The number of pyridine rings is 1. The van der Waals surface area contributed by atoms with E-state index in [0.717, 1.165) is 6.21 Å². The number of hydrogen-bond acceptors (Lipinski definition) is 4. The Balaban J connectivity index is 3.46. The summed E-state index contributed by atoms with van der Waals surface area (Å²) in [7, 11) is 1.55. The number of nitrogens with one attached hydrogen (secondary N) is 3. The molecular formula is C8H9N3O3. The molecule has 1 aromatic heterocycles. The molecule has 0 aliphatic heterocycles. The molecule has 0 radical (unpaired) electrons. The SMILES string of the molecule is CNc1cc(C(=O)O)[nH]c(=O)c1C=N. The Kier molecular flexibility index (Phi) is 2.66. The van der Waals surface area contributed by atoms with Crippen LogP contribution in [0.2, 0.25) is 0 Å². The molecule has 0 spiro atoms. The van der Waals surface area contributed by atoms with E-state index in [9.17, 15) is 9.59 Å². The molecule has 0 bridgehead atoms. The predicted molar refractivity (Wildman–Crippen MR) is 51.5 cm³/mol. The lowest BCUT2D eigenvalue weighted by Gasteiger charge is -2.04. The van der Waals surface area contributed by atoms with Gasteiger partial charge < -0.3 is 20.8 Å². The Morgan fingerprint density at radius 2 is 2.36 bits per heavy atom. The molecule has 1 rings (SSSR count). The van der Waals surface area contributed by atoms with Crippen molar-refractivity contribution < 1.29 is 9.90 Å². The van der Waals surface area contributed by atoms with Crippen LogP contribution in [-0.2, 0) is 0 Å². The number of carbonyl (C=O) groups is 1. The number of rotatable bonds is 3. The highest BCUT2D eigenvalue weighted by atomic mass is 16.4. The van der Waals surface area contributed by atoms with Crippen LogP contribution in [0.5, 0.6) is 0 Å². The van der Waals surface area contributed by atoms with E-state index in [4.69, 9.17) is 10.5 Å². The molecular weight excluding hydrogens is 186 g/mol. The molecule has 1 heterocycles. The first-order valence-corrected chi connectivity index (χ1v) is 3.79. The summed E-state index contributed by atoms with van der Waals surface area (Å²) in [5, 5.41) is 18.3. The van der Waals surface area contributed by atoms with Crippen LogP contribution in [0.15, 0.2) is 10.9 Å². The zero-order valence-electron chi connectivity index (χ0n) is 7.42. The molecule has 0 saturated heterocycles. The summed E-state index contributed by atoms with van der Waals surface area (Å²) in [6.07, 6.45) is 0.871. The molecule has 14 heavy (non-hydrogen) atoms. The molecule has 0 aliphatic carbocycles. The lowest BCUT2D eigenvalue weighted by Crippen LogP contribution is -2.18. The van der Waals surface area contributed by atoms with Crippen molar-refractivity contribution in [3.05, 3.63) is 27.7 Å². The minimum absolute atomic E-state index is 0.109. The highest BCUT2D eigenvalue weighted by molar-refractivity contribution is 5.91. The van der Waals surface area contributed by atoms with Crippen molar-refractivity contribution in [1.82, 2.24) is 4.98 Å². The van der Waals surface area contributed by atoms with Gasteiger partial charge in [-0.1, -0.05) is 0 Å². The highest BCUT2D eigenvalue weighted by Crippen LogP contribution is 2.09. The average Bonchev–Trinajstić information content (AvgIpc) is 2.16. The van der Waals surface area contributed by atoms with Gasteiger partial charge in [0.1, 0.15) is 5.69 Å². The molecule has 0 amide bonds. The van der Waals surface area contributed by atoms with Crippen molar-refractivity contribution in [3.8, 4) is 0 Å². The second-order valence-electron chi connectivity index (χ2n) is 2.54. The maximum absolute atomic E-state index is 11.2. The number of carboxylic acid groups (broad SMARTS) is 1. The van der Waals surface area contributed by atoms with Gasteiger partial charge in [-0.15, -0.1) is 0 Å². The maximum Gasteiger partial charge on any atom is 0.352 e. The maximum atomic E-state index is 11.2. The fraction of sp³-hybridized carbons (Fsp3) is 0.125. The standard InChI is InChI=1S/C8H9N3O3/c1-10-5-2-6(8(13)14)11-7(12)4(5)3-9/h2-3,9H,1H3,(H,13,14)(H2,10,11,12). The second-order valence-corrected chi connectivity index (χ2v) is 2.54. The Labute approximate surface area is 79.1 Å². The van der Waals surface area contributed by atoms with Crippen LogP contribution in [0.1, 0.15) is 16.1 Å². The van der Waals surface area contributed by atoms with Crippen LogP contribution < -0.4 is 10.9 Å². The van der Waals surface area contributed by atoms with Gasteiger partial charge in [0.15, 0.2) is 0 Å². The second kappa shape index (κ2) is 3.73. The Morgan fingerprint density at radius 3 is 2.79 bits per heavy atom. The quantitative estimate of drug-likeness (QED) is 0.513. The summed E-state index contributed by atoms with van der Waals surface area (Å²) < 4.78 is 0. The van der Waals surface area contributed by atoms with Crippen LogP contribution in [-0.4, -0.2) is 29.3 Å². The van der Waals surface area contributed by atoms with Gasteiger partial charge in [-0.25, -0.2) is 4.79 Å². The summed E-state index contributed by atoms with van der Waals surface area (Å²) in [6, 6.07) is 1.27. The third-order valence-electron chi connectivity index (χ3n) is 1.72. The molecule has 1 aromatic rings. The first-order valence-electron chi connectivity index (χ1n) is 3.79. The highest BCUT2D eigenvalue weighted by Gasteiger charge is 2.10. The van der Waals surface area contributed by atoms with Gasteiger partial charge in [-0.2, -0.15) is 0 Å². The van der Waals surface area contributed by atoms with E-state index in [0.29, 0.717) is 5.69 Å². The molecule has 4 N–H and O–H groups in total. The van der Waals surface area contributed by atoms with Crippen molar-refractivity contribution in [2.45, 2.75) is 0 Å². The van der Waals surface area contributed by atoms with E-state index < -0.39 is 11.5 Å². The number of aromatic nitrogens is 1. The van der Waals surface area contributed by atoms with Gasteiger partial charge in [0.25, 0.3) is 5.56 Å². The smallest absolute Gasteiger partial charge is 0.352 e. The summed E-state index contributed by atoms with van der Waals surface area (Å²) in [4.78, 5) is 24.0. The van der Waals surface area contributed by atoms with E-state index in [-0.39, 0.29) is 11.3 Å². The fourth-order valence-corrected chi connectivity index (χ4v) is 1.04. The number of hydrogen-bond donors (Lipinski definition) is 4. The summed E-state index contributed by atoms with van der Waals surface area (Å²) >= 11 is 0. The molecule has 74 valence electrons. The molecule has 0 aromatic carbocycles. The summed E-state index contributed by atoms with van der Waals surface area (Å²) in [5.41, 5.74) is -0.368. The van der Waals surface area contributed by atoms with Crippen molar-refractivity contribution in [3.63, 3.8) is 0 Å². The van der Waals surface area contributed by atoms with Gasteiger partial charge in [0.05, 0.1) is 11.3 Å². The first-order chi connectivity index (χ1) is 6.60. The zero-order chi connectivity index (χ0) is 10.7. The van der Waals surface area contributed by atoms with Crippen LogP contribution in [0.3, 0.4) is 0 Å². The van der Waals surface area contributed by atoms with Crippen LogP contribution in [0.25, 0.3) is 0 Å². The van der Waals surface area contributed by atoms with Crippen LogP contribution in [0.4, 0.5) is 5.69 Å². The molecule has 0 aliphatic rings. The third-order valence-corrected chi connectivity index (χ3v) is 1.72. The zero-order valence-corrected chi connectivity index (χ0v) is 7.42. The number of aromatic amines is 1. The molecule has 0 saturated carbocycles. The molecule has 6 heteroatoms. The van der Waals surface area contributed by atoms with Crippen molar-refractivity contribution in [2.75, 3.05) is 12.4 Å². The molecule has 0 unspecified atom stereocenters. The Bertz CT molecular complexity index is 436. The van der Waals surface area contributed by atoms with Crippen molar-refractivity contribution >= 4 is 17.9 Å². The topological polar surface area (TPSA) is 106 Å². The Hall–Kier alpha value is -2.11. The number of anilines is 1. The minimum Gasteiger partial charge on any atom is -0.477 e. The number of H-pyrrole nitrogens is 1. The predicted octanol–water partition coefficient (Wildman–Crippen LogP) is 0.112. The van der Waals surface area contributed by atoms with Crippen LogP contribution >= 0.6 is 0 Å². The van der Waals surface area contributed by atoms with Crippen molar-refractivity contribution in [2.24, 2.45) is 0 Å². The molecule has 0 atom stereocenters. The number of aromatic carboxylic acids is 1. The van der Waals surface area contributed by atoms with Gasteiger partial charge in [-0.05, 0) is 6.07 Å². The van der Waals surface area contributed by atoms with Gasteiger partial charge in [0.2, 0.25) is 0 Å². The number of carboxylic acids is 1. The first kappa shape index (κ1) is 9.97. The van der Waals surface area contributed by atoms with E-state index in [2.05, 4.69) is 10.3 Å².